The molecule has 0 radical (unpaired) electrons. The summed E-state index contributed by atoms with van der Waals surface area (Å²) < 4.78 is 5.20. The molecule has 0 aliphatic carbocycles. The van der Waals surface area contributed by atoms with E-state index in [4.69, 9.17) is 4.74 Å². The van der Waals surface area contributed by atoms with Crippen LogP contribution in [0.2, 0.25) is 0 Å². The molecule has 2 rings (SSSR count). The summed E-state index contributed by atoms with van der Waals surface area (Å²) in [4.78, 5) is 13.6. The minimum atomic E-state index is -0.245. The van der Waals surface area contributed by atoms with Crippen molar-refractivity contribution in [2.75, 3.05) is 6.54 Å². The third-order valence-electron chi connectivity index (χ3n) is 3.07. The van der Waals surface area contributed by atoms with E-state index in [-0.39, 0.29) is 18.2 Å². The average molecular weight is 231 g/mol. The molecule has 1 heterocycles. The molecule has 3 nitrogen and oxygen atoms in total. The molecule has 1 aromatic rings. The summed E-state index contributed by atoms with van der Waals surface area (Å²) in [6, 6.07) is 10.1. The molecule has 0 spiro atoms. The molecule has 0 unspecified atom stereocenters. The Labute approximate surface area is 102 Å². The molecule has 0 saturated carbocycles. The highest BCUT2D eigenvalue weighted by Crippen LogP contribution is 2.28. The zero-order valence-corrected chi connectivity index (χ0v) is 10.0. The molecular weight excluding hydrogens is 214 g/mol. The molecule has 1 saturated heterocycles. The van der Waals surface area contributed by atoms with Gasteiger partial charge in [0.2, 0.25) is 0 Å². The lowest BCUT2D eigenvalue weighted by Crippen LogP contribution is -2.29. The molecule has 17 heavy (non-hydrogen) atoms. The molecule has 0 aromatic heterocycles. The van der Waals surface area contributed by atoms with Gasteiger partial charge in [-0.05, 0) is 18.1 Å². The van der Waals surface area contributed by atoms with Crippen LogP contribution in [0.15, 0.2) is 43.0 Å². The smallest absolute Gasteiger partial charge is 0.411 e. The number of benzene rings is 1. The number of nitrogens with zero attached hydrogens (tertiary/aromatic N) is 1. The van der Waals surface area contributed by atoms with Gasteiger partial charge in [-0.25, -0.2) is 4.79 Å². The van der Waals surface area contributed by atoms with E-state index in [2.05, 4.69) is 13.5 Å². The van der Waals surface area contributed by atoms with Gasteiger partial charge in [0.15, 0.2) is 0 Å². The van der Waals surface area contributed by atoms with E-state index in [0.29, 0.717) is 6.54 Å². The van der Waals surface area contributed by atoms with Crippen molar-refractivity contribution >= 4 is 6.09 Å². The predicted octanol–water partition coefficient (Wildman–Crippen LogP) is 3.14. The van der Waals surface area contributed by atoms with Crippen LogP contribution in [-0.2, 0) is 4.74 Å². The quantitative estimate of drug-likeness (QED) is 0.745. The lowest BCUT2D eigenvalue weighted by atomic mass is 10.0. The monoisotopic (exact) mass is 231 g/mol. The van der Waals surface area contributed by atoms with E-state index in [9.17, 15) is 4.79 Å². The second-order valence-electron chi connectivity index (χ2n) is 4.15. The first-order valence-electron chi connectivity index (χ1n) is 5.91. The zero-order valence-electron chi connectivity index (χ0n) is 10.0. The Morgan fingerprint density at radius 2 is 2.24 bits per heavy atom. The number of carbonyl (C=O) groups is 1. The van der Waals surface area contributed by atoms with Crippen LogP contribution >= 0.6 is 0 Å². The molecule has 3 heteroatoms. The highest BCUT2D eigenvalue weighted by atomic mass is 16.6. The largest absolute Gasteiger partial charge is 0.440 e. The number of carbonyl (C=O) groups excluding carboxylic acids is 1. The maximum atomic E-state index is 11.8. The van der Waals surface area contributed by atoms with Gasteiger partial charge in [-0.1, -0.05) is 43.8 Å². The highest BCUT2D eigenvalue weighted by Gasteiger charge is 2.34. The van der Waals surface area contributed by atoms with E-state index in [1.807, 2.05) is 30.3 Å². The van der Waals surface area contributed by atoms with E-state index in [1.54, 1.807) is 11.0 Å². The lowest BCUT2D eigenvalue weighted by Gasteiger charge is -2.24. The van der Waals surface area contributed by atoms with Crippen LogP contribution in [0, 0.1) is 0 Å². The number of rotatable bonds is 4. The van der Waals surface area contributed by atoms with Crippen molar-refractivity contribution in [1.29, 1.82) is 0 Å². The Morgan fingerprint density at radius 1 is 1.53 bits per heavy atom. The number of hydrogen-bond acceptors (Lipinski definition) is 2. The average Bonchev–Trinajstić information content (AvgIpc) is 2.73. The first kappa shape index (κ1) is 11.7. The summed E-state index contributed by atoms with van der Waals surface area (Å²) in [6.45, 7) is 6.33. The zero-order chi connectivity index (χ0) is 12.3. The van der Waals surface area contributed by atoms with Crippen LogP contribution in [0.4, 0.5) is 4.79 Å². The van der Waals surface area contributed by atoms with Gasteiger partial charge >= 0.3 is 6.09 Å². The van der Waals surface area contributed by atoms with Crippen LogP contribution in [0.5, 0.6) is 0 Å². The van der Waals surface area contributed by atoms with E-state index in [0.717, 1.165) is 12.0 Å². The van der Waals surface area contributed by atoms with Crippen molar-refractivity contribution in [3.8, 4) is 0 Å². The first-order valence-corrected chi connectivity index (χ1v) is 5.91. The van der Waals surface area contributed by atoms with Gasteiger partial charge in [0.05, 0.1) is 12.6 Å². The van der Waals surface area contributed by atoms with Gasteiger partial charge in [-0.15, -0.1) is 0 Å². The van der Waals surface area contributed by atoms with Crippen LogP contribution in [-0.4, -0.2) is 23.6 Å². The predicted molar refractivity (Wildman–Crippen MR) is 66.6 cm³/mol. The highest BCUT2D eigenvalue weighted by molar-refractivity contribution is 5.71. The Morgan fingerprint density at radius 3 is 2.76 bits per heavy atom. The van der Waals surface area contributed by atoms with Gasteiger partial charge in [-0.2, -0.15) is 0 Å². The molecular formula is C14H17NO2. The fraction of sp³-hybridized carbons (Fsp3) is 0.357. The fourth-order valence-corrected chi connectivity index (χ4v) is 2.19. The summed E-state index contributed by atoms with van der Waals surface area (Å²) in [5.41, 5.74) is 1.15. The van der Waals surface area contributed by atoms with Crippen LogP contribution in [0.1, 0.15) is 24.9 Å². The number of hydrogen-bond donors (Lipinski definition) is 0. The second kappa shape index (κ2) is 5.04. The molecule has 1 aliphatic heterocycles. The number of amides is 1. The Balaban J connectivity index is 2.20. The standard InChI is InChI=1S/C14H17NO2/c1-3-12-10-15(14(16)17-12)13(4-2)11-8-6-5-7-9-11/h3,5-9,12-13H,1,4,10H2,2H3/t12-,13+/m1/s1. The molecule has 1 amide bonds. The topological polar surface area (TPSA) is 29.5 Å². The number of ether oxygens (including phenoxy) is 1. The van der Waals surface area contributed by atoms with Gasteiger partial charge in [0.1, 0.15) is 6.10 Å². The molecule has 0 N–H and O–H groups in total. The summed E-state index contributed by atoms with van der Waals surface area (Å²) in [5.74, 6) is 0. The third-order valence-corrected chi connectivity index (χ3v) is 3.07. The summed E-state index contributed by atoms with van der Waals surface area (Å²) >= 11 is 0. The van der Waals surface area contributed by atoms with Crippen molar-refractivity contribution in [1.82, 2.24) is 4.90 Å². The van der Waals surface area contributed by atoms with Crippen LogP contribution in [0.3, 0.4) is 0 Å². The number of cyclic esters (lactones) is 1. The van der Waals surface area contributed by atoms with Crippen molar-refractivity contribution in [3.05, 3.63) is 48.6 Å². The van der Waals surface area contributed by atoms with Gasteiger partial charge in [0, 0.05) is 0 Å². The van der Waals surface area contributed by atoms with Gasteiger partial charge in [-0.3, -0.25) is 4.90 Å². The lowest BCUT2D eigenvalue weighted by molar-refractivity contribution is 0.137. The molecule has 90 valence electrons. The second-order valence-corrected chi connectivity index (χ2v) is 4.15. The molecule has 2 atom stereocenters. The minimum absolute atomic E-state index is 0.0913. The van der Waals surface area contributed by atoms with Crippen molar-refractivity contribution in [2.45, 2.75) is 25.5 Å². The minimum Gasteiger partial charge on any atom is -0.440 e. The summed E-state index contributed by atoms with van der Waals surface area (Å²) in [5, 5.41) is 0. The molecule has 1 fully saturated rings. The van der Waals surface area contributed by atoms with Crippen LogP contribution in [0.25, 0.3) is 0 Å². The van der Waals surface area contributed by atoms with Crippen molar-refractivity contribution in [3.63, 3.8) is 0 Å². The Bertz CT molecular complexity index is 402. The SMILES string of the molecule is C=C[C@@H]1CN([C@@H](CC)c2ccccc2)C(=O)O1. The fourth-order valence-electron chi connectivity index (χ4n) is 2.19. The van der Waals surface area contributed by atoms with E-state index >= 15 is 0 Å². The maximum absolute atomic E-state index is 11.8. The molecule has 1 aliphatic rings. The van der Waals surface area contributed by atoms with Gasteiger partial charge in [0.25, 0.3) is 0 Å². The van der Waals surface area contributed by atoms with E-state index < -0.39 is 0 Å². The summed E-state index contributed by atoms with van der Waals surface area (Å²) in [7, 11) is 0. The molecule has 0 bridgehead atoms. The Kier molecular flexibility index (Phi) is 3.47. The molecule has 1 aromatic carbocycles. The van der Waals surface area contributed by atoms with Gasteiger partial charge < -0.3 is 4.74 Å². The first-order chi connectivity index (χ1) is 8.26. The Hall–Kier alpha value is -1.77. The summed E-state index contributed by atoms with van der Waals surface area (Å²) in [6.07, 6.45) is 2.13. The normalized spacial score (nSPS) is 21.1. The van der Waals surface area contributed by atoms with Crippen LogP contribution < -0.4 is 0 Å². The maximum Gasteiger partial charge on any atom is 0.411 e. The van der Waals surface area contributed by atoms with Crippen molar-refractivity contribution in [2.24, 2.45) is 0 Å². The van der Waals surface area contributed by atoms with Crippen molar-refractivity contribution < 1.29 is 9.53 Å². The van der Waals surface area contributed by atoms with E-state index in [1.165, 1.54) is 0 Å². The third kappa shape index (κ3) is 2.33.